The zero-order valence-electron chi connectivity index (χ0n) is 9.38. The summed E-state index contributed by atoms with van der Waals surface area (Å²) in [5.41, 5.74) is 0. The molecule has 1 rings (SSSR count). The van der Waals surface area contributed by atoms with Crippen LogP contribution < -0.4 is 5.32 Å². The Hall–Kier alpha value is -0.570. The quantitative estimate of drug-likeness (QED) is 0.707. The number of carbonyl (C=O) groups is 1. The van der Waals surface area contributed by atoms with Crippen LogP contribution in [-0.4, -0.2) is 25.2 Å². The van der Waals surface area contributed by atoms with Crippen LogP contribution in [0.3, 0.4) is 0 Å². The molecule has 1 amide bonds. The summed E-state index contributed by atoms with van der Waals surface area (Å²) in [6.07, 6.45) is 4.50. The largest absolute Gasteiger partial charge is 0.372 e. The van der Waals surface area contributed by atoms with E-state index < -0.39 is 0 Å². The van der Waals surface area contributed by atoms with Crippen molar-refractivity contribution in [1.29, 1.82) is 0 Å². The van der Waals surface area contributed by atoms with Crippen LogP contribution in [-0.2, 0) is 9.53 Å². The number of ether oxygens (including phenoxy) is 1. The van der Waals surface area contributed by atoms with Crippen molar-refractivity contribution < 1.29 is 9.53 Å². The van der Waals surface area contributed by atoms with Crippen molar-refractivity contribution in [3.8, 4) is 0 Å². The second kappa shape index (κ2) is 5.35. The van der Waals surface area contributed by atoms with Gasteiger partial charge >= 0.3 is 0 Å². The van der Waals surface area contributed by atoms with Gasteiger partial charge in [0.05, 0.1) is 0 Å². The lowest BCUT2D eigenvalue weighted by Crippen LogP contribution is -2.41. The first kappa shape index (κ1) is 11.5. The summed E-state index contributed by atoms with van der Waals surface area (Å²) in [5.74, 6) is 0.873. The van der Waals surface area contributed by atoms with E-state index in [1.54, 1.807) is 14.0 Å². The maximum absolute atomic E-state index is 11.5. The molecular formula is C11H21NO2. The average molecular weight is 199 g/mol. The molecule has 0 spiro atoms. The molecule has 3 heteroatoms. The predicted molar refractivity (Wildman–Crippen MR) is 56.0 cm³/mol. The lowest BCUT2D eigenvalue weighted by Gasteiger charge is -2.18. The van der Waals surface area contributed by atoms with Crippen LogP contribution in [0.4, 0.5) is 0 Å². The Labute approximate surface area is 86.2 Å². The van der Waals surface area contributed by atoms with E-state index in [2.05, 4.69) is 12.2 Å². The lowest BCUT2D eigenvalue weighted by molar-refractivity contribution is -0.130. The normalized spacial score (nSPS) is 20.2. The van der Waals surface area contributed by atoms with Crippen LogP contribution in [0.5, 0.6) is 0 Å². The average Bonchev–Trinajstić information content (AvgIpc) is 2.99. The molecule has 0 bridgehead atoms. The van der Waals surface area contributed by atoms with Gasteiger partial charge in [-0.1, -0.05) is 19.8 Å². The van der Waals surface area contributed by atoms with Crippen molar-refractivity contribution in [2.45, 2.75) is 51.7 Å². The molecule has 0 aromatic carbocycles. The van der Waals surface area contributed by atoms with Crippen molar-refractivity contribution >= 4 is 5.91 Å². The molecule has 2 atom stereocenters. The Kier molecular flexibility index (Phi) is 4.39. The highest BCUT2D eigenvalue weighted by Gasteiger charge is 2.26. The van der Waals surface area contributed by atoms with Gasteiger partial charge in [-0.2, -0.15) is 0 Å². The van der Waals surface area contributed by atoms with Crippen LogP contribution in [0.1, 0.15) is 39.5 Å². The molecule has 14 heavy (non-hydrogen) atoms. The highest BCUT2D eigenvalue weighted by molar-refractivity contribution is 5.80. The number of methoxy groups -OCH3 is 1. The SMILES string of the molecule is CC[C@H](CC1CC1)NC(=O)[C@H](C)OC. The van der Waals surface area contributed by atoms with Crippen molar-refractivity contribution in [2.75, 3.05) is 7.11 Å². The van der Waals surface area contributed by atoms with Gasteiger partial charge < -0.3 is 10.1 Å². The molecule has 0 saturated heterocycles. The second-order valence-corrected chi connectivity index (χ2v) is 4.17. The molecule has 82 valence electrons. The first-order chi connectivity index (χ1) is 6.67. The third-order valence-corrected chi connectivity index (χ3v) is 2.88. The lowest BCUT2D eigenvalue weighted by atomic mass is 10.1. The standard InChI is InChI=1S/C11H21NO2/c1-4-10(7-9-5-6-9)12-11(13)8(2)14-3/h8-10H,4-7H2,1-3H3,(H,12,13)/t8-,10+/m0/s1. The fourth-order valence-corrected chi connectivity index (χ4v) is 1.51. The minimum atomic E-state index is -0.330. The van der Waals surface area contributed by atoms with Gasteiger partial charge in [0, 0.05) is 13.2 Å². The highest BCUT2D eigenvalue weighted by Crippen LogP contribution is 2.33. The molecule has 1 aliphatic rings. The molecule has 1 aliphatic carbocycles. The number of nitrogens with one attached hydrogen (secondary N) is 1. The van der Waals surface area contributed by atoms with Crippen molar-refractivity contribution in [2.24, 2.45) is 5.92 Å². The molecule has 0 radical (unpaired) electrons. The van der Waals surface area contributed by atoms with E-state index in [1.807, 2.05) is 0 Å². The molecule has 0 unspecified atom stereocenters. The summed E-state index contributed by atoms with van der Waals surface area (Å²) >= 11 is 0. The monoisotopic (exact) mass is 199 g/mol. The van der Waals surface area contributed by atoms with E-state index in [0.717, 1.165) is 18.8 Å². The highest BCUT2D eigenvalue weighted by atomic mass is 16.5. The van der Waals surface area contributed by atoms with Gasteiger partial charge in [0.2, 0.25) is 5.91 Å². The minimum Gasteiger partial charge on any atom is -0.372 e. The van der Waals surface area contributed by atoms with E-state index in [9.17, 15) is 4.79 Å². The first-order valence-electron chi connectivity index (χ1n) is 5.50. The molecule has 0 aromatic rings. The smallest absolute Gasteiger partial charge is 0.249 e. The third kappa shape index (κ3) is 3.66. The molecule has 1 fully saturated rings. The van der Waals surface area contributed by atoms with Gasteiger partial charge in [0.25, 0.3) is 0 Å². The molecule has 0 aliphatic heterocycles. The van der Waals surface area contributed by atoms with E-state index in [0.29, 0.717) is 6.04 Å². The van der Waals surface area contributed by atoms with Crippen LogP contribution in [0.15, 0.2) is 0 Å². The van der Waals surface area contributed by atoms with E-state index in [-0.39, 0.29) is 12.0 Å². The van der Waals surface area contributed by atoms with Crippen LogP contribution in [0, 0.1) is 5.92 Å². The minimum absolute atomic E-state index is 0.0139. The number of hydrogen-bond acceptors (Lipinski definition) is 2. The van der Waals surface area contributed by atoms with Gasteiger partial charge in [0.1, 0.15) is 6.10 Å². The van der Waals surface area contributed by atoms with Gasteiger partial charge in [-0.3, -0.25) is 4.79 Å². The number of amides is 1. The zero-order chi connectivity index (χ0) is 10.6. The second-order valence-electron chi connectivity index (χ2n) is 4.17. The molecule has 0 aromatic heterocycles. The molecule has 1 N–H and O–H groups in total. The number of carbonyl (C=O) groups excluding carboxylic acids is 1. The number of hydrogen-bond donors (Lipinski definition) is 1. The van der Waals surface area contributed by atoms with E-state index in [1.165, 1.54) is 12.8 Å². The molecule has 0 heterocycles. The Balaban J connectivity index is 2.26. The van der Waals surface area contributed by atoms with E-state index >= 15 is 0 Å². The summed E-state index contributed by atoms with van der Waals surface area (Å²) < 4.78 is 4.97. The Morgan fingerprint density at radius 1 is 1.57 bits per heavy atom. The van der Waals surface area contributed by atoms with Gasteiger partial charge in [-0.15, -0.1) is 0 Å². The Morgan fingerprint density at radius 2 is 2.21 bits per heavy atom. The fourth-order valence-electron chi connectivity index (χ4n) is 1.51. The van der Waals surface area contributed by atoms with Crippen LogP contribution in [0.25, 0.3) is 0 Å². The first-order valence-corrected chi connectivity index (χ1v) is 5.50. The van der Waals surface area contributed by atoms with Crippen LogP contribution in [0.2, 0.25) is 0 Å². The van der Waals surface area contributed by atoms with Gasteiger partial charge in [-0.25, -0.2) is 0 Å². The molecule has 3 nitrogen and oxygen atoms in total. The summed E-state index contributed by atoms with van der Waals surface area (Å²) in [4.78, 5) is 11.5. The maximum Gasteiger partial charge on any atom is 0.249 e. The molecular weight excluding hydrogens is 178 g/mol. The van der Waals surface area contributed by atoms with Crippen molar-refractivity contribution in [1.82, 2.24) is 5.32 Å². The van der Waals surface area contributed by atoms with Gasteiger partial charge in [0.15, 0.2) is 0 Å². The Bertz CT molecular complexity index is 190. The third-order valence-electron chi connectivity index (χ3n) is 2.88. The van der Waals surface area contributed by atoms with E-state index in [4.69, 9.17) is 4.74 Å². The van der Waals surface area contributed by atoms with Crippen molar-refractivity contribution in [3.63, 3.8) is 0 Å². The fraction of sp³-hybridized carbons (Fsp3) is 0.909. The predicted octanol–water partition coefficient (Wildman–Crippen LogP) is 1.72. The summed E-state index contributed by atoms with van der Waals surface area (Å²) in [6, 6.07) is 0.340. The number of rotatable bonds is 6. The topological polar surface area (TPSA) is 38.3 Å². The Morgan fingerprint density at radius 3 is 2.64 bits per heavy atom. The summed E-state index contributed by atoms with van der Waals surface area (Å²) in [6.45, 7) is 3.89. The van der Waals surface area contributed by atoms with Crippen LogP contribution >= 0.6 is 0 Å². The maximum atomic E-state index is 11.5. The summed E-state index contributed by atoms with van der Waals surface area (Å²) in [5, 5.41) is 3.02. The zero-order valence-corrected chi connectivity index (χ0v) is 9.38. The van der Waals surface area contributed by atoms with Crippen molar-refractivity contribution in [3.05, 3.63) is 0 Å². The summed E-state index contributed by atoms with van der Waals surface area (Å²) in [7, 11) is 1.56. The van der Waals surface area contributed by atoms with Gasteiger partial charge in [-0.05, 0) is 25.7 Å². The molecule has 1 saturated carbocycles.